The van der Waals surface area contributed by atoms with Gasteiger partial charge in [-0.2, -0.15) is 0 Å². The average Bonchev–Trinajstić information content (AvgIpc) is 2.66. The summed E-state index contributed by atoms with van der Waals surface area (Å²) in [7, 11) is 0. The van der Waals surface area contributed by atoms with Crippen LogP contribution in [0.5, 0.6) is 5.75 Å². The Morgan fingerprint density at radius 2 is 2.04 bits per heavy atom. The topological polar surface area (TPSA) is 51.2 Å². The molecule has 1 aromatic heterocycles. The molecular weight excluding hydrogens is 336 g/mol. The Balaban J connectivity index is 1.48. The van der Waals surface area contributed by atoms with Crippen molar-refractivity contribution < 1.29 is 9.53 Å². The summed E-state index contributed by atoms with van der Waals surface area (Å²) in [6.07, 6.45) is 7.93. The minimum Gasteiger partial charge on any atom is -0.487 e. The molecule has 1 aliphatic carbocycles. The maximum Gasteiger partial charge on any atom is 0.252 e. The molecule has 0 spiro atoms. The number of aromatic nitrogens is 1. The van der Waals surface area contributed by atoms with E-state index in [9.17, 15) is 4.79 Å². The zero-order valence-corrected chi connectivity index (χ0v) is 15.0. The summed E-state index contributed by atoms with van der Waals surface area (Å²) in [5, 5.41) is 3.66. The second kappa shape index (κ2) is 8.86. The van der Waals surface area contributed by atoms with Crippen molar-refractivity contribution in [3.8, 4) is 5.75 Å². The maximum absolute atomic E-state index is 12.2. The fourth-order valence-corrected chi connectivity index (χ4v) is 3.27. The van der Waals surface area contributed by atoms with Crippen LogP contribution in [0.3, 0.4) is 0 Å². The molecule has 0 saturated heterocycles. The molecule has 1 N–H and O–H groups in total. The van der Waals surface area contributed by atoms with Crippen molar-refractivity contribution in [1.29, 1.82) is 0 Å². The highest BCUT2D eigenvalue weighted by Gasteiger charge is 2.15. The van der Waals surface area contributed by atoms with Crippen LogP contribution in [0.2, 0.25) is 5.02 Å². The molecule has 1 aliphatic rings. The number of carbonyl (C=O) groups excluding carboxylic acids is 1. The molecule has 0 atom stereocenters. The second-order valence-corrected chi connectivity index (χ2v) is 6.93. The standard InChI is InChI=1S/C20H23ClN2O2/c21-17-7-4-8-19(11-17)25-14-18-10-9-16(13-22-18)20(24)23-12-15-5-2-1-3-6-15/h4,7-11,13,15H,1-3,5-6,12,14H2,(H,23,24). The van der Waals surface area contributed by atoms with Crippen LogP contribution in [0.15, 0.2) is 42.6 Å². The molecule has 1 heterocycles. The minimum atomic E-state index is -0.0552. The first-order valence-corrected chi connectivity index (χ1v) is 9.20. The Bertz CT molecular complexity index is 697. The van der Waals surface area contributed by atoms with Gasteiger partial charge in [-0.25, -0.2) is 0 Å². The summed E-state index contributed by atoms with van der Waals surface area (Å²) < 4.78 is 5.65. The van der Waals surface area contributed by atoms with Crippen molar-refractivity contribution in [3.63, 3.8) is 0 Å². The number of amides is 1. The van der Waals surface area contributed by atoms with Crippen molar-refractivity contribution >= 4 is 17.5 Å². The summed E-state index contributed by atoms with van der Waals surface area (Å²) in [6, 6.07) is 10.9. The van der Waals surface area contributed by atoms with E-state index in [1.54, 1.807) is 24.4 Å². The molecule has 4 nitrogen and oxygen atoms in total. The number of pyridine rings is 1. The zero-order valence-electron chi connectivity index (χ0n) is 14.2. The number of hydrogen-bond acceptors (Lipinski definition) is 3. The normalized spacial score (nSPS) is 14.9. The zero-order chi connectivity index (χ0) is 17.5. The molecule has 2 aromatic rings. The Morgan fingerprint density at radius 1 is 1.20 bits per heavy atom. The molecule has 5 heteroatoms. The lowest BCUT2D eigenvalue weighted by Crippen LogP contribution is -2.30. The Labute approximate surface area is 153 Å². The van der Waals surface area contributed by atoms with Gasteiger partial charge >= 0.3 is 0 Å². The number of carbonyl (C=O) groups is 1. The average molecular weight is 359 g/mol. The molecule has 0 unspecified atom stereocenters. The second-order valence-electron chi connectivity index (χ2n) is 6.50. The van der Waals surface area contributed by atoms with Crippen LogP contribution in [-0.2, 0) is 6.61 Å². The summed E-state index contributed by atoms with van der Waals surface area (Å²) in [5.74, 6) is 1.26. The molecule has 0 radical (unpaired) electrons. The van der Waals surface area contributed by atoms with E-state index in [4.69, 9.17) is 16.3 Å². The van der Waals surface area contributed by atoms with Crippen molar-refractivity contribution in [1.82, 2.24) is 10.3 Å². The maximum atomic E-state index is 12.2. The first-order valence-electron chi connectivity index (χ1n) is 8.82. The smallest absolute Gasteiger partial charge is 0.252 e. The van der Waals surface area contributed by atoms with Gasteiger partial charge in [-0.1, -0.05) is 36.9 Å². The third-order valence-electron chi connectivity index (χ3n) is 4.55. The van der Waals surface area contributed by atoms with E-state index in [-0.39, 0.29) is 5.91 Å². The lowest BCUT2D eigenvalue weighted by Gasteiger charge is -2.21. The van der Waals surface area contributed by atoms with Crippen molar-refractivity contribution in [2.45, 2.75) is 38.7 Å². The summed E-state index contributed by atoms with van der Waals surface area (Å²) in [6.45, 7) is 1.10. The lowest BCUT2D eigenvalue weighted by atomic mass is 9.89. The van der Waals surface area contributed by atoms with Gasteiger partial charge in [-0.3, -0.25) is 9.78 Å². The number of nitrogens with zero attached hydrogens (tertiary/aromatic N) is 1. The Kier molecular flexibility index (Phi) is 6.29. The van der Waals surface area contributed by atoms with Gasteiger partial charge < -0.3 is 10.1 Å². The van der Waals surface area contributed by atoms with E-state index < -0.39 is 0 Å². The Morgan fingerprint density at radius 3 is 2.76 bits per heavy atom. The minimum absolute atomic E-state index is 0.0552. The number of halogens is 1. The number of ether oxygens (including phenoxy) is 1. The fourth-order valence-electron chi connectivity index (χ4n) is 3.09. The van der Waals surface area contributed by atoms with E-state index in [0.29, 0.717) is 28.9 Å². The molecule has 1 aromatic carbocycles. The monoisotopic (exact) mass is 358 g/mol. The van der Waals surface area contributed by atoms with Crippen LogP contribution in [0, 0.1) is 5.92 Å². The van der Waals surface area contributed by atoms with E-state index in [1.807, 2.05) is 18.2 Å². The molecule has 25 heavy (non-hydrogen) atoms. The molecule has 0 bridgehead atoms. The Hall–Kier alpha value is -2.07. The van der Waals surface area contributed by atoms with E-state index >= 15 is 0 Å². The molecule has 1 amide bonds. The summed E-state index contributed by atoms with van der Waals surface area (Å²) in [4.78, 5) is 16.5. The van der Waals surface area contributed by atoms with Gasteiger partial charge in [-0.05, 0) is 49.1 Å². The van der Waals surface area contributed by atoms with Gasteiger partial charge in [0.15, 0.2) is 0 Å². The first-order chi connectivity index (χ1) is 12.2. The largest absolute Gasteiger partial charge is 0.487 e. The predicted molar refractivity (Wildman–Crippen MR) is 98.9 cm³/mol. The van der Waals surface area contributed by atoms with Crippen molar-refractivity contribution in [2.24, 2.45) is 5.92 Å². The van der Waals surface area contributed by atoms with Crippen LogP contribution < -0.4 is 10.1 Å². The third kappa shape index (κ3) is 5.46. The van der Waals surface area contributed by atoms with E-state index in [0.717, 1.165) is 12.2 Å². The van der Waals surface area contributed by atoms with Crippen LogP contribution >= 0.6 is 11.6 Å². The van der Waals surface area contributed by atoms with Crippen molar-refractivity contribution in [3.05, 3.63) is 58.9 Å². The molecule has 3 rings (SSSR count). The molecular formula is C20H23ClN2O2. The fraction of sp³-hybridized carbons (Fsp3) is 0.400. The highest BCUT2D eigenvalue weighted by atomic mass is 35.5. The number of nitrogens with one attached hydrogen (secondary N) is 1. The van der Waals surface area contributed by atoms with Crippen LogP contribution in [0.1, 0.15) is 48.2 Å². The lowest BCUT2D eigenvalue weighted by molar-refractivity contribution is 0.0943. The first kappa shape index (κ1) is 17.7. The summed E-state index contributed by atoms with van der Waals surface area (Å²) in [5.41, 5.74) is 1.35. The van der Waals surface area contributed by atoms with Gasteiger partial charge in [-0.15, -0.1) is 0 Å². The van der Waals surface area contributed by atoms with E-state index in [2.05, 4.69) is 10.3 Å². The highest BCUT2D eigenvalue weighted by molar-refractivity contribution is 6.30. The van der Waals surface area contributed by atoms with Crippen LogP contribution in [-0.4, -0.2) is 17.4 Å². The van der Waals surface area contributed by atoms with Gasteiger partial charge in [0, 0.05) is 17.8 Å². The van der Waals surface area contributed by atoms with Crippen molar-refractivity contribution in [2.75, 3.05) is 6.54 Å². The summed E-state index contributed by atoms with van der Waals surface area (Å²) >= 11 is 5.93. The quantitative estimate of drug-likeness (QED) is 0.819. The third-order valence-corrected chi connectivity index (χ3v) is 4.78. The van der Waals surface area contributed by atoms with Crippen LogP contribution in [0.25, 0.3) is 0 Å². The van der Waals surface area contributed by atoms with Gasteiger partial charge in [0.1, 0.15) is 12.4 Å². The molecule has 1 saturated carbocycles. The van der Waals surface area contributed by atoms with Gasteiger partial charge in [0.25, 0.3) is 5.91 Å². The van der Waals surface area contributed by atoms with E-state index in [1.165, 1.54) is 32.1 Å². The number of rotatable bonds is 6. The van der Waals surface area contributed by atoms with Gasteiger partial charge in [0.05, 0.1) is 11.3 Å². The van der Waals surface area contributed by atoms with Crippen LogP contribution in [0.4, 0.5) is 0 Å². The predicted octanol–water partition coefficient (Wildman–Crippen LogP) is 4.62. The van der Waals surface area contributed by atoms with Gasteiger partial charge in [0.2, 0.25) is 0 Å². The SMILES string of the molecule is O=C(NCC1CCCCC1)c1ccc(COc2cccc(Cl)c2)nc1. The molecule has 0 aliphatic heterocycles. The highest BCUT2D eigenvalue weighted by Crippen LogP contribution is 2.23. The molecule has 132 valence electrons. The number of benzene rings is 1. The molecule has 1 fully saturated rings. The number of hydrogen-bond donors (Lipinski definition) is 1.